The number of thioether (sulfide) groups is 1. The van der Waals surface area contributed by atoms with Gasteiger partial charge in [-0.05, 0) is 0 Å². The maximum absolute atomic E-state index is 5.81. The summed E-state index contributed by atoms with van der Waals surface area (Å²) in [6.07, 6.45) is 0.969. The summed E-state index contributed by atoms with van der Waals surface area (Å²) in [4.78, 5) is 4.72. The van der Waals surface area contributed by atoms with Crippen LogP contribution in [0.5, 0.6) is 0 Å². The number of nitrogens with one attached hydrogen (secondary N) is 1. The third-order valence-corrected chi connectivity index (χ3v) is 5.41. The largest absolute Gasteiger partial charge is 0.375 e. The zero-order chi connectivity index (χ0) is 14.5. The van der Waals surface area contributed by atoms with Crippen molar-refractivity contribution in [3.63, 3.8) is 0 Å². The first-order valence-electron chi connectivity index (χ1n) is 7.02. The van der Waals surface area contributed by atoms with Gasteiger partial charge in [0.1, 0.15) is 0 Å². The highest BCUT2D eigenvalue weighted by molar-refractivity contribution is 7.99. The minimum atomic E-state index is 0.118. The normalized spacial score (nSPS) is 20.3. The number of ether oxygens (including phenoxy) is 1. The summed E-state index contributed by atoms with van der Waals surface area (Å²) in [5.41, 5.74) is 5.08. The Bertz CT molecular complexity index is 555. The van der Waals surface area contributed by atoms with Gasteiger partial charge in [0.25, 0.3) is 0 Å². The van der Waals surface area contributed by atoms with Gasteiger partial charge in [-0.25, -0.2) is 4.98 Å². The Morgan fingerprint density at radius 1 is 1.38 bits per heavy atom. The van der Waals surface area contributed by atoms with Crippen molar-refractivity contribution in [1.82, 2.24) is 10.4 Å². The summed E-state index contributed by atoms with van der Waals surface area (Å²) in [6.45, 7) is 0.806. The average molecular weight is 321 g/mol. The van der Waals surface area contributed by atoms with Crippen LogP contribution in [-0.4, -0.2) is 35.2 Å². The maximum atomic E-state index is 5.81. The van der Waals surface area contributed by atoms with Crippen molar-refractivity contribution in [3.8, 4) is 11.3 Å². The topological polar surface area (TPSA) is 60.2 Å². The number of hydrogen-bond acceptors (Lipinski definition) is 6. The minimum Gasteiger partial charge on any atom is -0.375 e. The summed E-state index contributed by atoms with van der Waals surface area (Å²) in [7, 11) is 0. The summed E-state index contributed by atoms with van der Waals surface area (Å²) in [5.74, 6) is 7.77. The number of nitrogens with two attached hydrogens (primary N) is 1. The quantitative estimate of drug-likeness (QED) is 0.654. The number of thiazole rings is 1. The van der Waals surface area contributed by atoms with Gasteiger partial charge in [0.15, 0.2) is 0 Å². The van der Waals surface area contributed by atoms with E-state index in [0.717, 1.165) is 40.8 Å². The highest BCUT2D eigenvalue weighted by Gasteiger charge is 2.25. The molecule has 112 valence electrons. The molecule has 2 heterocycles. The number of rotatable bonds is 5. The van der Waals surface area contributed by atoms with Crippen molar-refractivity contribution in [3.05, 3.63) is 40.7 Å². The van der Waals surface area contributed by atoms with Gasteiger partial charge >= 0.3 is 0 Å². The Balaban J connectivity index is 1.68. The second-order valence-corrected chi connectivity index (χ2v) is 7.05. The standard InChI is InChI=1S/C15H19N3OS2/c16-18-12(14-10-20-7-6-19-14)8-15-17-13(9-21-15)11-4-2-1-3-5-11/h1-5,9,12,14,18H,6-8,10,16H2. The van der Waals surface area contributed by atoms with Gasteiger partial charge in [-0.3, -0.25) is 11.3 Å². The zero-order valence-corrected chi connectivity index (χ0v) is 13.3. The summed E-state index contributed by atoms with van der Waals surface area (Å²) in [5, 5.41) is 3.20. The molecule has 4 nitrogen and oxygen atoms in total. The minimum absolute atomic E-state index is 0.118. The molecule has 1 saturated heterocycles. The molecule has 3 rings (SSSR count). The van der Waals surface area contributed by atoms with Crippen molar-refractivity contribution < 1.29 is 4.74 Å². The molecule has 0 amide bonds. The molecule has 2 unspecified atom stereocenters. The van der Waals surface area contributed by atoms with Gasteiger partial charge in [-0.1, -0.05) is 30.3 Å². The second-order valence-electron chi connectivity index (χ2n) is 4.95. The second kappa shape index (κ2) is 7.38. The van der Waals surface area contributed by atoms with Gasteiger partial charge in [0.05, 0.1) is 29.5 Å². The van der Waals surface area contributed by atoms with Crippen LogP contribution in [0.2, 0.25) is 0 Å². The van der Waals surface area contributed by atoms with Crippen LogP contribution in [0.3, 0.4) is 0 Å². The van der Waals surface area contributed by atoms with E-state index < -0.39 is 0 Å². The van der Waals surface area contributed by atoms with Crippen molar-refractivity contribution in [2.75, 3.05) is 18.1 Å². The van der Waals surface area contributed by atoms with E-state index in [2.05, 4.69) is 22.9 Å². The van der Waals surface area contributed by atoms with Crippen molar-refractivity contribution in [2.24, 2.45) is 5.84 Å². The average Bonchev–Trinajstić information content (AvgIpc) is 3.03. The smallest absolute Gasteiger partial charge is 0.0949 e. The molecule has 1 fully saturated rings. The Kier molecular flexibility index (Phi) is 5.27. The van der Waals surface area contributed by atoms with Crippen LogP contribution in [-0.2, 0) is 11.2 Å². The third kappa shape index (κ3) is 3.84. The molecule has 1 aliphatic rings. The number of benzene rings is 1. The van der Waals surface area contributed by atoms with E-state index in [0.29, 0.717) is 0 Å². The van der Waals surface area contributed by atoms with Gasteiger partial charge in [-0.15, -0.1) is 11.3 Å². The van der Waals surface area contributed by atoms with Crippen molar-refractivity contribution in [2.45, 2.75) is 18.6 Å². The molecule has 1 aliphatic heterocycles. The number of hydrogen-bond donors (Lipinski definition) is 2. The lowest BCUT2D eigenvalue weighted by Crippen LogP contribution is -2.49. The van der Waals surface area contributed by atoms with E-state index in [-0.39, 0.29) is 12.1 Å². The van der Waals surface area contributed by atoms with Crippen LogP contribution < -0.4 is 11.3 Å². The molecule has 0 radical (unpaired) electrons. The van der Waals surface area contributed by atoms with Crippen LogP contribution in [0, 0.1) is 0 Å². The van der Waals surface area contributed by atoms with Crippen LogP contribution >= 0.6 is 23.1 Å². The Labute approximate surface area is 133 Å². The third-order valence-electron chi connectivity index (χ3n) is 3.52. The Morgan fingerprint density at radius 2 is 2.24 bits per heavy atom. The molecule has 21 heavy (non-hydrogen) atoms. The SMILES string of the molecule is NNC(Cc1nc(-c2ccccc2)cs1)C1CSCCO1. The monoisotopic (exact) mass is 321 g/mol. The van der Waals surface area contributed by atoms with Gasteiger partial charge in [0, 0.05) is 28.9 Å². The summed E-state index contributed by atoms with van der Waals surface area (Å²) >= 11 is 3.60. The van der Waals surface area contributed by atoms with Crippen LogP contribution in [0.1, 0.15) is 5.01 Å². The molecule has 2 atom stereocenters. The first kappa shape index (κ1) is 15.0. The zero-order valence-electron chi connectivity index (χ0n) is 11.7. The molecule has 0 bridgehead atoms. The number of nitrogens with zero attached hydrogens (tertiary/aromatic N) is 1. The lowest BCUT2D eigenvalue weighted by molar-refractivity contribution is 0.0472. The van der Waals surface area contributed by atoms with Gasteiger partial charge in [0.2, 0.25) is 0 Å². The van der Waals surface area contributed by atoms with Crippen LogP contribution in [0.25, 0.3) is 11.3 Å². The lowest BCUT2D eigenvalue weighted by Gasteiger charge is -2.29. The Morgan fingerprint density at radius 3 is 2.95 bits per heavy atom. The fraction of sp³-hybridized carbons (Fsp3) is 0.400. The predicted octanol–water partition coefficient (Wildman–Crippen LogP) is 2.32. The van der Waals surface area contributed by atoms with Crippen LogP contribution in [0.4, 0.5) is 0 Å². The molecule has 6 heteroatoms. The molecule has 1 aromatic heterocycles. The van der Waals surface area contributed by atoms with E-state index in [9.17, 15) is 0 Å². The molecular formula is C15H19N3OS2. The highest BCUT2D eigenvalue weighted by Crippen LogP contribution is 2.24. The highest BCUT2D eigenvalue weighted by atomic mass is 32.2. The molecule has 3 N–H and O–H groups in total. The molecular weight excluding hydrogens is 302 g/mol. The molecule has 0 saturated carbocycles. The van der Waals surface area contributed by atoms with Gasteiger partial charge < -0.3 is 4.74 Å². The first-order chi connectivity index (χ1) is 10.4. The maximum Gasteiger partial charge on any atom is 0.0949 e. The number of hydrazine groups is 1. The van der Waals surface area contributed by atoms with Crippen molar-refractivity contribution >= 4 is 23.1 Å². The summed E-state index contributed by atoms with van der Waals surface area (Å²) in [6, 6.07) is 10.4. The van der Waals surface area contributed by atoms with Gasteiger partial charge in [-0.2, -0.15) is 11.8 Å². The fourth-order valence-electron chi connectivity index (χ4n) is 2.37. The molecule has 2 aromatic rings. The molecule has 0 aliphatic carbocycles. The van der Waals surface area contributed by atoms with E-state index in [1.165, 1.54) is 0 Å². The first-order valence-corrected chi connectivity index (χ1v) is 9.05. The Hall–Kier alpha value is -0.920. The van der Waals surface area contributed by atoms with Crippen molar-refractivity contribution in [1.29, 1.82) is 0 Å². The fourth-order valence-corrected chi connectivity index (χ4v) is 4.18. The predicted molar refractivity (Wildman–Crippen MR) is 89.4 cm³/mol. The van der Waals surface area contributed by atoms with E-state index in [1.54, 1.807) is 11.3 Å². The van der Waals surface area contributed by atoms with E-state index >= 15 is 0 Å². The molecule has 1 aromatic carbocycles. The lowest BCUT2D eigenvalue weighted by atomic mass is 10.1. The summed E-state index contributed by atoms with van der Waals surface area (Å²) < 4.78 is 5.81. The van der Waals surface area contributed by atoms with E-state index in [4.69, 9.17) is 15.6 Å². The van der Waals surface area contributed by atoms with E-state index in [1.807, 2.05) is 30.0 Å². The molecule has 0 spiro atoms. The number of aromatic nitrogens is 1. The van der Waals surface area contributed by atoms with Crippen LogP contribution in [0.15, 0.2) is 35.7 Å².